The van der Waals surface area contributed by atoms with Crippen molar-refractivity contribution >= 4 is 22.8 Å². The van der Waals surface area contributed by atoms with Crippen LogP contribution in [0.25, 0.3) is 10.9 Å². The zero-order valence-corrected chi connectivity index (χ0v) is 15.4. The molecule has 0 atom stereocenters. The number of nitrogens with zero attached hydrogens (tertiary/aromatic N) is 2. The Kier molecular flexibility index (Phi) is 5.29. The lowest BCUT2D eigenvalue weighted by molar-refractivity contribution is 0.0953. The van der Waals surface area contributed by atoms with Crippen molar-refractivity contribution in [1.29, 1.82) is 0 Å². The molecule has 6 heteroatoms. The van der Waals surface area contributed by atoms with Crippen molar-refractivity contribution in [2.75, 3.05) is 11.9 Å². The van der Waals surface area contributed by atoms with Crippen LogP contribution in [0.15, 0.2) is 73.2 Å². The van der Waals surface area contributed by atoms with E-state index in [2.05, 4.69) is 31.7 Å². The van der Waals surface area contributed by atoms with Crippen LogP contribution in [0.4, 0.5) is 5.95 Å². The largest absolute Gasteiger partial charge is 0.361 e. The fraction of sp³-hybridized carbons (Fsp3) is 0.136. The van der Waals surface area contributed by atoms with Gasteiger partial charge in [-0.25, -0.2) is 9.97 Å². The summed E-state index contributed by atoms with van der Waals surface area (Å²) < 4.78 is 0. The van der Waals surface area contributed by atoms with E-state index in [0.717, 1.165) is 17.5 Å². The second kappa shape index (κ2) is 8.35. The van der Waals surface area contributed by atoms with Gasteiger partial charge in [0.2, 0.25) is 5.95 Å². The molecule has 0 aliphatic rings. The fourth-order valence-corrected chi connectivity index (χ4v) is 3.06. The Morgan fingerprint density at radius 1 is 0.964 bits per heavy atom. The van der Waals surface area contributed by atoms with Gasteiger partial charge in [-0.15, -0.1) is 0 Å². The van der Waals surface area contributed by atoms with E-state index in [-0.39, 0.29) is 5.91 Å². The average Bonchev–Trinajstić information content (AvgIpc) is 3.16. The van der Waals surface area contributed by atoms with Gasteiger partial charge < -0.3 is 15.6 Å². The number of para-hydroxylation sites is 1. The van der Waals surface area contributed by atoms with Gasteiger partial charge in [-0.3, -0.25) is 4.79 Å². The van der Waals surface area contributed by atoms with E-state index in [0.29, 0.717) is 24.6 Å². The minimum absolute atomic E-state index is 0.172. The highest BCUT2D eigenvalue weighted by Gasteiger charge is 2.08. The van der Waals surface area contributed by atoms with Gasteiger partial charge in [0.1, 0.15) is 0 Å². The minimum Gasteiger partial charge on any atom is -0.361 e. The van der Waals surface area contributed by atoms with Crippen molar-refractivity contribution in [3.63, 3.8) is 0 Å². The molecule has 6 nitrogen and oxygen atoms in total. The summed E-state index contributed by atoms with van der Waals surface area (Å²) in [7, 11) is 0. The molecule has 0 saturated heterocycles. The number of hydrogen-bond acceptors (Lipinski definition) is 4. The zero-order chi connectivity index (χ0) is 19.2. The zero-order valence-electron chi connectivity index (χ0n) is 15.4. The minimum atomic E-state index is -0.172. The van der Waals surface area contributed by atoms with Crippen LogP contribution >= 0.6 is 0 Å². The molecule has 0 fully saturated rings. The topological polar surface area (TPSA) is 82.7 Å². The molecule has 0 bridgehead atoms. The van der Waals surface area contributed by atoms with Crippen LogP contribution < -0.4 is 10.6 Å². The smallest absolute Gasteiger partial charge is 0.254 e. The Balaban J connectivity index is 1.28. The number of aromatic nitrogens is 3. The molecule has 2 aromatic heterocycles. The van der Waals surface area contributed by atoms with Crippen molar-refractivity contribution in [3.8, 4) is 0 Å². The normalized spacial score (nSPS) is 10.7. The summed E-state index contributed by atoms with van der Waals surface area (Å²) >= 11 is 0. The number of fused-ring (bicyclic) bond motifs is 1. The first-order valence-corrected chi connectivity index (χ1v) is 9.22. The predicted molar refractivity (Wildman–Crippen MR) is 110 cm³/mol. The first-order valence-electron chi connectivity index (χ1n) is 9.22. The molecular weight excluding hydrogens is 350 g/mol. The Morgan fingerprint density at radius 3 is 2.54 bits per heavy atom. The number of benzene rings is 2. The van der Waals surface area contributed by atoms with Crippen LogP contribution in [0.2, 0.25) is 0 Å². The maximum Gasteiger partial charge on any atom is 0.254 e. The van der Waals surface area contributed by atoms with Gasteiger partial charge in [0.15, 0.2) is 0 Å². The first-order chi connectivity index (χ1) is 13.8. The third-order valence-electron chi connectivity index (χ3n) is 4.56. The lowest BCUT2D eigenvalue weighted by Crippen LogP contribution is -2.26. The van der Waals surface area contributed by atoms with Gasteiger partial charge >= 0.3 is 0 Å². The fourth-order valence-electron chi connectivity index (χ4n) is 3.06. The molecule has 4 aromatic rings. The number of H-pyrrole nitrogens is 1. The third-order valence-corrected chi connectivity index (χ3v) is 4.56. The van der Waals surface area contributed by atoms with Crippen molar-refractivity contribution in [1.82, 2.24) is 20.3 Å². The molecule has 0 aliphatic heterocycles. The standard InChI is InChI=1S/C22H21N5O/c28-21(23-11-10-17-13-24-20-9-5-4-8-19(17)20)18-14-26-22(27-15-18)25-12-16-6-2-1-3-7-16/h1-9,13-15,24H,10-12H2,(H,23,28)(H,25,26,27). The van der Waals surface area contributed by atoms with Crippen molar-refractivity contribution < 1.29 is 4.79 Å². The van der Waals surface area contributed by atoms with E-state index in [4.69, 9.17) is 0 Å². The van der Waals surface area contributed by atoms with Crippen LogP contribution in [-0.2, 0) is 13.0 Å². The Bertz CT molecular complexity index is 1060. The highest BCUT2D eigenvalue weighted by atomic mass is 16.1. The second-order valence-corrected chi connectivity index (χ2v) is 6.50. The number of hydrogen-bond donors (Lipinski definition) is 3. The molecule has 2 heterocycles. The molecule has 0 aliphatic carbocycles. The molecule has 3 N–H and O–H groups in total. The van der Waals surface area contributed by atoms with E-state index in [1.165, 1.54) is 10.9 Å². The summed E-state index contributed by atoms with van der Waals surface area (Å²) in [4.78, 5) is 24.0. The van der Waals surface area contributed by atoms with Crippen LogP contribution in [0, 0.1) is 0 Å². The molecule has 1 amide bonds. The van der Waals surface area contributed by atoms with Crippen LogP contribution in [-0.4, -0.2) is 27.4 Å². The highest BCUT2D eigenvalue weighted by Crippen LogP contribution is 2.17. The molecule has 140 valence electrons. The number of carbonyl (C=O) groups excluding carboxylic acids is 1. The molecule has 28 heavy (non-hydrogen) atoms. The van der Waals surface area contributed by atoms with Crippen molar-refractivity contribution in [2.45, 2.75) is 13.0 Å². The van der Waals surface area contributed by atoms with E-state index >= 15 is 0 Å². The molecule has 4 rings (SSSR count). The Morgan fingerprint density at radius 2 is 1.71 bits per heavy atom. The first kappa shape index (κ1) is 17.7. The molecular formula is C22H21N5O. The van der Waals surface area contributed by atoms with Crippen LogP contribution in [0.5, 0.6) is 0 Å². The SMILES string of the molecule is O=C(NCCc1c[nH]c2ccccc12)c1cnc(NCc2ccccc2)nc1. The maximum atomic E-state index is 12.3. The maximum absolute atomic E-state index is 12.3. The Labute approximate surface area is 163 Å². The number of carbonyl (C=O) groups is 1. The lowest BCUT2D eigenvalue weighted by Gasteiger charge is -2.07. The average molecular weight is 371 g/mol. The van der Waals surface area contributed by atoms with E-state index in [1.807, 2.05) is 54.7 Å². The molecule has 2 aromatic carbocycles. The molecule has 0 radical (unpaired) electrons. The molecule has 0 spiro atoms. The van der Waals surface area contributed by atoms with E-state index in [9.17, 15) is 4.79 Å². The predicted octanol–water partition coefficient (Wildman–Crippen LogP) is 3.54. The summed E-state index contributed by atoms with van der Waals surface area (Å²) in [6.45, 7) is 1.19. The number of anilines is 1. The number of aromatic amines is 1. The van der Waals surface area contributed by atoms with Gasteiger partial charge in [-0.05, 0) is 23.6 Å². The number of amides is 1. The number of rotatable bonds is 7. The van der Waals surface area contributed by atoms with Crippen molar-refractivity contribution in [3.05, 3.63) is 89.9 Å². The molecule has 0 unspecified atom stereocenters. The van der Waals surface area contributed by atoms with E-state index in [1.54, 1.807) is 12.4 Å². The summed E-state index contributed by atoms with van der Waals surface area (Å²) in [5.41, 5.74) is 3.89. The van der Waals surface area contributed by atoms with Gasteiger partial charge in [-0.2, -0.15) is 0 Å². The quantitative estimate of drug-likeness (QED) is 0.464. The lowest BCUT2D eigenvalue weighted by atomic mass is 10.1. The summed E-state index contributed by atoms with van der Waals surface area (Å²) in [6.07, 6.45) is 5.84. The van der Waals surface area contributed by atoms with Crippen LogP contribution in [0.3, 0.4) is 0 Å². The van der Waals surface area contributed by atoms with E-state index < -0.39 is 0 Å². The number of nitrogens with one attached hydrogen (secondary N) is 3. The van der Waals surface area contributed by atoms with Crippen LogP contribution in [0.1, 0.15) is 21.5 Å². The summed E-state index contributed by atoms with van der Waals surface area (Å²) in [6, 6.07) is 18.2. The molecule has 0 saturated carbocycles. The van der Waals surface area contributed by atoms with Gasteiger partial charge in [0.05, 0.1) is 5.56 Å². The summed E-state index contributed by atoms with van der Waals surface area (Å²) in [5.74, 6) is 0.327. The van der Waals surface area contributed by atoms with Crippen molar-refractivity contribution in [2.24, 2.45) is 0 Å². The highest BCUT2D eigenvalue weighted by molar-refractivity contribution is 5.93. The van der Waals surface area contributed by atoms with Gasteiger partial charge in [0.25, 0.3) is 5.91 Å². The summed E-state index contributed by atoms with van der Waals surface area (Å²) in [5, 5.41) is 7.26. The van der Waals surface area contributed by atoms with Gasteiger partial charge in [0, 0.05) is 42.6 Å². The third kappa shape index (κ3) is 4.17. The monoisotopic (exact) mass is 371 g/mol. The Hall–Kier alpha value is -3.67. The second-order valence-electron chi connectivity index (χ2n) is 6.50. The van der Waals surface area contributed by atoms with Gasteiger partial charge in [-0.1, -0.05) is 48.5 Å².